The van der Waals surface area contributed by atoms with E-state index in [0.717, 1.165) is 43.7 Å². The fourth-order valence-corrected chi connectivity index (χ4v) is 7.11. The highest BCUT2D eigenvalue weighted by Gasteiger charge is 2.35. The average molecular weight is 520 g/mol. The minimum Gasteiger partial charge on any atom is -0.497 e. The van der Waals surface area contributed by atoms with Crippen molar-refractivity contribution >= 4 is 27.3 Å². The zero-order chi connectivity index (χ0) is 26.0. The Labute approximate surface area is 219 Å². The van der Waals surface area contributed by atoms with Gasteiger partial charge in [-0.05, 0) is 72.9 Å². The summed E-state index contributed by atoms with van der Waals surface area (Å²) in [5.41, 5.74) is 3.79. The quantitative estimate of drug-likeness (QED) is 0.461. The number of carbonyl (C=O) groups excluding carboxylic acids is 1. The van der Waals surface area contributed by atoms with E-state index < -0.39 is 10.0 Å². The van der Waals surface area contributed by atoms with Crippen molar-refractivity contribution < 1.29 is 17.9 Å². The molecule has 5 rings (SSSR count). The second-order valence-electron chi connectivity index (χ2n) is 9.70. The second-order valence-corrected chi connectivity index (χ2v) is 11.5. The topological polar surface area (TPSA) is 70.2 Å². The predicted octanol–water partition coefficient (Wildman–Crippen LogP) is 4.46. The van der Waals surface area contributed by atoms with Gasteiger partial charge in [0.2, 0.25) is 5.91 Å². The number of ether oxygens (including phenoxy) is 1. The molecule has 0 radical (unpaired) electrons. The van der Waals surface area contributed by atoms with Crippen LogP contribution in [0.4, 0.5) is 11.4 Å². The van der Waals surface area contributed by atoms with Gasteiger partial charge in [-0.15, -0.1) is 0 Å². The number of benzene rings is 3. The molecule has 0 saturated carbocycles. The van der Waals surface area contributed by atoms with Crippen molar-refractivity contribution in [3.8, 4) is 5.75 Å². The largest absolute Gasteiger partial charge is 0.497 e. The van der Waals surface area contributed by atoms with E-state index in [1.807, 2.05) is 36.4 Å². The molecule has 0 unspecified atom stereocenters. The molecule has 0 spiro atoms. The van der Waals surface area contributed by atoms with E-state index in [-0.39, 0.29) is 16.8 Å². The van der Waals surface area contributed by atoms with Crippen LogP contribution in [0.3, 0.4) is 0 Å². The van der Waals surface area contributed by atoms with Crippen molar-refractivity contribution in [1.29, 1.82) is 0 Å². The van der Waals surface area contributed by atoms with Gasteiger partial charge in [0, 0.05) is 44.8 Å². The molecule has 37 heavy (non-hydrogen) atoms. The van der Waals surface area contributed by atoms with E-state index in [4.69, 9.17) is 4.74 Å². The van der Waals surface area contributed by atoms with Gasteiger partial charge in [0.25, 0.3) is 10.0 Å². The Morgan fingerprint density at radius 2 is 1.68 bits per heavy atom. The van der Waals surface area contributed by atoms with Crippen molar-refractivity contribution in [1.82, 2.24) is 4.90 Å². The summed E-state index contributed by atoms with van der Waals surface area (Å²) in [4.78, 5) is 16.4. The lowest BCUT2D eigenvalue weighted by atomic mass is 10.0. The monoisotopic (exact) mass is 519 g/mol. The molecular formula is C29H33N3O4S. The fourth-order valence-electron chi connectivity index (χ4n) is 5.41. The standard InChI is InChI=1S/C29H33N3O4S/c1-22(33)31-19-14-24-20-26(8-13-29(24)31)32(37(34,35)28-11-9-27(36-2)10-12-28)25-15-17-30(18-16-25)21-23-6-4-3-5-7-23/h3-13,20,25H,14-19,21H2,1-2H3. The minimum atomic E-state index is -3.82. The molecule has 2 heterocycles. The number of anilines is 2. The van der Waals surface area contributed by atoms with Crippen LogP contribution in [-0.2, 0) is 27.8 Å². The predicted molar refractivity (Wildman–Crippen MR) is 146 cm³/mol. The van der Waals surface area contributed by atoms with Crippen LogP contribution in [0, 0.1) is 0 Å². The summed E-state index contributed by atoms with van der Waals surface area (Å²) in [5, 5.41) is 0. The summed E-state index contributed by atoms with van der Waals surface area (Å²) < 4.78 is 35.0. The summed E-state index contributed by atoms with van der Waals surface area (Å²) in [5.74, 6) is 0.613. The lowest BCUT2D eigenvalue weighted by Gasteiger charge is -2.39. The third-order valence-corrected chi connectivity index (χ3v) is 9.24. The average Bonchev–Trinajstić information content (AvgIpc) is 3.34. The van der Waals surface area contributed by atoms with Gasteiger partial charge in [0.1, 0.15) is 5.75 Å². The number of nitrogens with zero attached hydrogens (tertiary/aromatic N) is 3. The number of fused-ring (bicyclic) bond motifs is 1. The second kappa shape index (κ2) is 10.6. The van der Waals surface area contributed by atoms with Gasteiger partial charge in [0.05, 0.1) is 17.7 Å². The highest BCUT2D eigenvalue weighted by Crippen LogP contribution is 2.36. The van der Waals surface area contributed by atoms with Crippen LogP contribution < -0.4 is 13.9 Å². The van der Waals surface area contributed by atoms with Crippen molar-refractivity contribution in [2.75, 3.05) is 35.9 Å². The molecule has 1 amide bonds. The zero-order valence-electron chi connectivity index (χ0n) is 21.3. The molecule has 0 aliphatic carbocycles. The molecule has 0 aromatic heterocycles. The van der Waals surface area contributed by atoms with Gasteiger partial charge in [-0.1, -0.05) is 30.3 Å². The van der Waals surface area contributed by atoms with Crippen molar-refractivity contribution in [2.24, 2.45) is 0 Å². The minimum absolute atomic E-state index is 0.00000140. The molecule has 0 N–H and O–H groups in total. The molecule has 2 aliphatic heterocycles. The number of hydrogen-bond donors (Lipinski definition) is 0. The van der Waals surface area contributed by atoms with E-state index in [2.05, 4.69) is 17.0 Å². The first kappa shape index (κ1) is 25.3. The van der Waals surface area contributed by atoms with Gasteiger partial charge < -0.3 is 9.64 Å². The number of likely N-dealkylation sites (tertiary alicyclic amines) is 1. The maximum atomic E-state index is 14.1. The van der Waals surface area contributed by atoms with Gasteiger partial charge in [-0.3, -0.25) is 14.0 Å². The molecule has 0 bridgehead atoms. The van der Waals surface area contributed by atoms with Crippen LogP contribution in [0.15, 0.2) is 77.7 Å². The maximum Gasteiger partial charge on any atom is 0.264 e. The third kappa shape index (κ3) is 5.22. The Bertz CT molecular complexity index is 1350. The lowest BCUT2D eigenvalue weighted by Crippen LogP contribution is -2.47. The lowest BCUT2D eigenvalue weighted by molar-refractivity contribution is -0.116. The molecule has 1 saturated heterocycles. The Kier molecular flexibility index (Phi) is 7.22. The van der Waals surface area contributed by atoms with E-state index >= 15 is 0 Å². The highest BCUT2D eigenvalue weighted by atomic mass is 32.2. The number of carbonyl (C=O) groups is 1. The van der Waals surface area contributed by atoms with Crippen molar-refractivity contribution in [3.05, 3.63) is 83.9 Å². The molecule has 1 fully saturated rings. The zero-order valence-corrected chi connectivity index (χ0v) is 22.2. The smallest absolute Gasteiger partial charge is 0.264 e. The Hall–Kier alpha value is -3.36. The molecule has 7 nitrogen and oxygen atoms in total. The summed E-state index contributed by atoms with van der Waals surface area (Å²) in [7, 11) is -2.26. The van der Waals surface area contributed by atoms with E-state index in [0.29, 0.717) is 24.4 Å². The van der Waals surface area contributed by atoms with E-state index in [1.54, 1.807) is 47.5 Å². The SMILES string of the molecule is COc1ccc(S(=O)(=O)N(c2ccc3c(c2)CCN3C(C)=O)C2CCN(Cc3ccccc3)CC2)cc1. The number of amides is 1. The summed E-state index contributed by atoms with van der Waals surface area (Å²) >= 11 is 0. The molecule has 3 aromatic rings. The first-order valence-corrected chi connectivity index (χ1v) is 14.2. The van der Waals surface area contributed by atoms with E-state index in [1.165, 1.54) is 5.56 Å². The van der Waals surface area contributed by atoms with Crippen LogP contribution >= 0.6 is 0 Å². The Morgan fingerprint density at radius 3 is 2.32 bits per heavy atom. The Morgan fingerprint density at radius 1 is 0.973 bits per heavy atom. The Balaban J connectivity index is 1.45. The van der Waals surface area contributed by atoms with Crippen LogP contribution in [0.2, 0.25) is 0 Å². The summed E-state index contributed by atoms with van der Waals surface area (Å²) in [6.45, 7) is 4.68. The number of sulfonamides is 1. The fraction of sp³-hybridized carbons (Fsp3) is 0.345. The first-order chi connectivity index (χ1) is 17.9. The number of methoxy groups -OCH3 is 1. The third-order valence-electron chi connectivity index (χ3n) is 7.35. The van der Waals surface area contributed by atoms with Gasteiger partial charge >= 0.3 is 0 Å². The van der Waals surface area contributed by atoms with Gasteiger partial charge in [-0.25, -0.2) is 8.42 Å². The number of hydrogen-bond acceptors (Lipinski definition) is 5. The van der Waals surface area contributed by atoms with Gasteiger partial charge in [0.15, 0.2) is 0 Å². The highest BCUT2D eigenvalue weighted by molar-refractivity contribution is 7.92. The molecular weight excluding hydrogens is 486 g/mol. The number of piperidine rings is 1. The maximum absolute atomic E-state index is 14.1. The van der Waals surface area contributed by atoms with Crippen LogP contribution in [0.25, 0.3) is 0 Å². The van der Waals surface area contributed by atoms with Crippen LogP contribution in [0.5, 0.6) is 5.75 Å². The normalized spacial score (nSPS) is 16.4. The van der Waals surface area contributed by atoms with E-state index in [9.17, 15) is 13.2 Å². The summed E-state index contributed by atoms with van der Waals surface area (Å²) in [6, 6.07) is 22.5. The first-order valence-electron chi connectivity index (χ1n) is 12.7. The van der Waals surface area contributed by atoms with Crippen LogP contribution in [-0.4, -0.2) is 52.0 Å². The van der Waals surface area contributed by atoms with Crippen molar-refractivity contribution in [3.63, 3.8) is 0 Å². The van der Waals surface area contributed by atoms with Gasteiger partial charge in [-0.2, -0.15) is 0 Å². The molecule has 3 aromatic carbocycles. The molecule has 194 valence electrons. The van der Waals surface area contributed by atoms with Crippen molar-refractivity contribution in [2.45, 2.75) is 43.7 Å². The molecule has 8 heteroatoms. The number of rotatable bonds is 7. The summed E-state index contributed by atoms with van der Waals surface area (Å²) in [6.07, 6.45) is 2.19. The molecule has 2 aliphatic rings. The molecule has 0 atom stereocenters. The van der Waals surface area contributed by atoms with Crippen LogP contribution in [0.1, 0.15) is 30.9 Å².